The fourth-order valence-electron chi connectivity index (χ4n) is 1.74. The first-order valence-electron chi connectivity index (χ1n) is 6.03. The van der Waals surface area contributed by atoms with Crippen molar-refractivity contribution in [3.05, 3.63) is 35.9 Å². The minimum absolute atomic E-state index is 0.109. The molecule has 6 heteroatoms. The first-order valence-corrected chi connectivity index (χ1v) is 7.02. The summed E-state index contributed by atoms with van der Waals surface area (Å²) in [6, 6.07) is 8.50. The molecule has 0 radical (unpaired) electrons. The summed E-state index contributed by atoms with van der Waals surface area (Å²) in [5.41, 5.74) is 0.778. The van der Waals surface area contributed by atoms with Crippen molar-refractivity contribution in [3.63, 3.8) is 0 Å². The van der Waals surface area contributed by atoms with Crippen LogP contribution in [-0.2, 0) is 9.53 Å². The monoisotopic (exact) mass is 291 g/mol. The van der Waals surface area contributed by atoms with Crippen molar-refractivity contribution >= 4 is 34.6 Å². The second kappa shape index (κ2) is 6.38. The lowest BCUT2D eigenvalue weighted by molar-refractivity contribution is -0.139. The van der Waals surface area contributed by atoms with E-state index in [2.05, 4.69) is 4.98 Å². The highest BCUT2D eigenvalue weighted by Crippen LogP contribution is 2.24. The second-order valence-electron chi connectivity index (χ2n) is 3.92. The first-order chi connectivity index (χ1) is 9.61. The van der Waals surface area contributed by atoms with Crippen LogP contribution in [0.5, 0.6) is 0 Å². The van der Waals surface area contributed by atoms with E-state index >= 15 is 0 Å². The summed E-state index contributed by atoms with van der Waals surface area (Å²) in [6.07, 6.45) is 0. The van der Waals surface area contributed by atoms with Gasteiger partial charge in [0.1, 0.15) is 0 Å². The Morgan fingerprint density at radius 2 is 2.10 bits per heavy atom. The molecule has 0 aliphatic carbocycles. The minimum atomic E-state index is -1.01. The number of carbonyl (C=O) groups is 2. The van der Waals surface area contributed by atoms with E-state index in [1.165, 1.54) is 17.8 Å². The predicted molar refractivity (Wildman–Crippen MR) is 76.1 cm³/mol. The maximum absolute atomic E-state index is 11.3. The largest absolute Gasteiger partial charge is 0.478 e. The normalized spacial score (nSPS) is 10.4. The topological polar surface area (TPSA) is 76.5 Å². The number of nitrogens with zero attached hydrogens (tertiary/aromatic N) is 1. The summed E-state index contributed by atoms with van der Waals surface area (Å²) < 4.78 is 4.82. The molecule has 104 valence electrons. The number of hydrogen-bond acceptors (Lipinski definition) is 5. The van der Waals surface area contributed by atoms with Crippen LogP contribution >= 0.6 is 11.8 Å². The van der Waals surface area contributed by atoms with Gasteiger partial charge in [-0.3, -0.25) is 4.79 Å². The van der Waals surface area contributed by atoms with Crippen molar-refractivity contribution in [2.24, 2.45) is 0 Å². The molecule has 1 N–H and O–H groups in total. The van der Waals surface area contributed by atoms with Crippen LogP contribution in [0, 0.1) is 0 Å². The summed E-state index contributed by atoms with van der Waals surface area (Å²) >= 11 is 1.17. The van der Waals surface area contributed by atoms with Crippen LogP contribution in [0.1, 0.15) is 17.3 Å². The summed E-state index contributed by atoms with van der Waals surface area (Å²) in [4.78, 5) is 26.9. The zero-order chi connectivity index (χ0) is 14.5. The van der Waals surface area contributed by atoms with Gasteiger partial charge in [0.2, 0.25) is 0 Å². The van der Waals surface area contributed by atoms with Gasteiger partial charge in [0.05, 0.1) is 28.5 Å². The van der Waals surface area contributed by atoms with E-state index in [4.69, 9.17) is 4.74 Å². The Balaban J connectivity index is 2.30. The van der Waals surface area contributed by atoms with Gasteiger partial charge in [0.25, 0.3) is 0 Å². The van der Waals surface area contributed by atoms with Crippen LogP contribution in [0.2, 0.25) is 0 Å². The zero-order valence-corrected chi connectivity index (χ0v) is 11.6. The van der Waals surface area contributed by atoms with Gasteiger partial charge in [0, 0.05) is 5.39 Å². The minimum Gasteiger partial charge on any atom is -0.478 e. The van der Waals surface area contributed by atoms with Gasteiger partial charge in [-0.15, -0.1) is 0 Å². The predicted octanol–water partition coefficient (Wildman–Crippen LogP) is 2.59. The number of ether oxygens (including phenoxy) is 1. The fourth-order valence-corrected chi connectivity index (χ4v) is 2.45. The lowest BCUT2D eigenvalue weighted by Gasteiger charge is -2.06. The van der Waals surface area contributed by atoms with Crippen molar-refractivity contribution in [1.29, 1.82) is 0 Å². The Morgan fingerprint density at radius 3 is 2.80 bits per heavy atom. The van der Waals surface area contributed by atoms with Crippen molar-refractivity contribution in [3.8, 4) is 0 Å². The molecule has 0 spiro atoms. The third-order valence-corrected chi connectivity index (χ3v) is 3.45. The molecule has 5 nitrogen and oxygen atoms in total. The van der Waals surface area contributed by atoms with Crippen molar-refractivity contribution in [2.45, 2.75) is 11.9 Å². The molecule has 1 aromatic carbocycles. The van der Waals surface area contributed by atoms with Crippen LogP contribution in [-0.4, -0.2) is 34.4 Å². The summed E-state index contributed by atoms with van der Waals surface area (Å²) in [7, 11) is 0. The number of esters is 1. The molecule has 1 aromatic heterocycles. The van der Waals surface area contributed by atoms with Gasteiger partial charge in [-0.25, -0.2) is 9.78 Å². The number of thioether (sulfide) groups is 1. The lowest BCUT2D eigenvalue weighted by atomic mass is 10.1. The van der Waals surface area contributed by atoms with E-state index in [-0.39, 0.29) is 17.3 Å². The molecule has 0 aliphatic rings. The highest BCUT2D eigenvalue weighted by molar-refractivity contribution is 7.99. The Morgan fingerprint density at radius 1 is 1.35 bits per heavy atom. The summed E-state index contributed by atoms with van der Waals surface area (Å²) in [5.74, 6) is -1.25. The number of rotatable bonds is 5. The van der Waals surface area contributed by atoms with Gasteiger partial charge in [-0.05, 0) is 19.1 Å². The molecule has 0 aliphatic heterocycles. The Labute approximate surface area is 120 Å². The average Bonchev–Trinajstić information content (AvgIpc) is 2.44. The number of fused-ring (bicyclic) bond motifs is 1. The standard InChI is InChI=1S/C14H13NO4S/c1-2-19-13(16)8-20-12-7-10(14(17)18)9-5-3-4-6-11(9)15-12/h3-7H,2,8H2,1H3,(H,17,18). The second-order valence-corrected chi connectivity index (χ2v) is 4.92. The van der Waals surface area contributed by atoms with Crippen LogP contribution in [0.15, 0.2) is 35.4 Å². The first kappa shape index (κ1) is 14.3. The van der Waals surface area contributed by atoms with E-state index in [9.17, 15) is 14.7 Å². The lowest BCUT2D eigenvalue weighted by Crippen LogP contribution is -2.07. The molecule has 20 heavy (non-hydrogen) atoms. The van der Waals surface area contributed by atoms with E-state index in [0.29, 0.717) is 22.5 Å². The SMILES string of the molecule is CCOC(=O)CSc1cc(C(=O)O)c2ccccc2n1. The van der Waals surface area contributed by atoms with E-state index in [1.54, 1.807) is 31.2 Å². The molecule has 0 bridgehead atoms. The average molecular weight is 291 g/mol. The number of hydrogen-bond donors (Lipinski definition) is 1. The quantitative estimate of drug-likeness (QED) is 0.674. The number of carboxylic acids is 1. The maximum atomic E-state index is 11.3. The van der Waals surface area contributed by atoms with Gasteiger partial charge in [-0.2, -0.15) is 0 Å². The summed E-state index contributed by atoms with van der Waals surface area (Å²) in [6.45, 7) is 2.06. The van der Waals surface area contributed by atoms with Gasteiger partial charge < -0.3 is 9.84 Å². The van der Waals surface area contributed by atoms with Crippen LogP contribution in [0.25, 0.3) is 10.9 Å². The van der Waals surface area contributed by atoms with Gasteiger partial charge >= 0.3 is 11.9 Å². The van der Waals surface area contributed by atoms with Gasteiger partial charge in [-0.1, -0.05) is 30.0 Å². The van der Waals surface area contributed by atoms with Crippen molar-refractivity contribution < 1.29 is 19.4 Å². The zero-order valence-electron chi connectivity index (χ0n) is 10.8. The smallest absolute Gasteiger partial charge is 0.336 e. The molecule has 2 rings (SSSR count). The third kappa shape index (κ3) is 3.27. The van der Waals surface area contributed by atoms with Crippen molar-refractivity contribution in [2.75, 3.05) is 12.4 Å². The summed E-state index contributed by atoms with van der Waals surface area (Å²) in [5, 5.41) is 10.3. The van der Waals surface area contributed by atoms with E-state index < -0.39 is 5.97 Å². The number of aromatic nitrogens is 1. The molecule has 0 fully saturated rings. The van der Waals surface area contributed by atoms with Gasteiger partial charge in [0.15, 0.2) is 0 Å². The van der Waals surface area contributed by atoms with E-state index in [1.807, 2.05) is 0 Å². The number of para-hydroxylation sites is 1. The molecule has 0 saturated heterocycles. The van der Waals surface area contributed by atoms with Crippen LogP contribution in [0.3, 0.4) is 0 Å². The molecular formula is C14H13NO4S. The molecule has 2 aromatic rings. The highest BCUT2D eigenvalue weighted by atomic mass is 32.2. The van der Waals surface area contributed by atoms with Crippen LogP contribution in [0.4, 0.5) is 0 Å². The maximum Gasteiger partial charge on any atom is 0.336 e. The molecular weight excluding hydrogens is 278 g/mol. The van der Waals surface area contributed by atoms with Crippen molar-refractivity contribution in [1.82, 2.24) is 4.98 Å². The Bertz CT molecular complexity index is 657. The third-order valence-electron chi connectivity index (χ3n) is 2.57. The molecule has 0 unspecified atom stereocenters. The molecule has 1 heterocycles. The Hall–Kier alpha value is -2.08. The van der Waals surface area contributed by atoms with E-state index in [0.717, 1.165) is 0 Å². The molecule has 0 amide bonds. The fraction of sp³-hybridized carbons (Fsp3) is 0.214. The molecule has 0 saturated carbocycles. The Kier molecular flexibility index (Phi) is 4.57. The highest BCUT2D eigenvalue weighted by Gasteiger charge is 2.13. The number of carbonyl (C=O) groups excluding carboxylic acids is 1. The molecule has 0 atom stereocenters. The number of carboxylic acid groups (broad SMARTS) is 1. The number of pyridine rings is 1. The number of aromatic carboxylic acids is 1. The van der Waals surface area contributed by atoms with Crippen LogP contribution < -0.4 is 0 Å². The number of benzene rings is 1.